The average Bonchev–Trinajstić information content (AvgIpc) is 3.65. The minimum atomic E-state index is -2.33. The molecule has 8 rings (SSSR count). The first-order chi connectivity index (χ1) is 20.9. The zero-order chi connectivity index (χ0) is 31.0. The van der Waals surface area contributed by atoms with Crippen molar-refractivity contribution in [3.63, 3.8) is 0 Å². The largest absolute Gasteiger partial charge is 0.455 e. The van der Waals surface area contributed by atoms with Gasteiger partial charge in [-0.05, 0) is 31.1 Å². The smallest absolute Gasteiger partial charge is 0.338 e. The lowest BCUT2D eigenvalue weighted by atomic mass is 9.52. The first kappa shape index (κ1) is 28.5. The number of aliphatic hydroxyl groups is 3. The molecule has 2 aromatic rings. The maximum atomic E-state index is 13.9. The van der Waals surface area contributed by atoms with E-state index in [-0.39, 0.29) is 6.42 Å². The van der Waals surface area contributed by atoms with Crippen molar-refractivity contribution in [1.82, 2.24) is 0 Å². The molecule has 3 saturated heterocycles. The van der Waals surface area contributed by atoms with Gasteiger partial charge in [-0.1, -0.05) is 69.0 Å². The van der Waals surface area contributed by atoms with Gasteiger partial charge in [0.05, 0.1) is 17.8 Å². The Balaban J connectivity index is 1.40. The van der Waals surface area contributed by atoms with Gasteiger partial charge in [0.1, 0.15) is 30.0 Å². The minimum absolute atomic E-state index is 0.179. The van der Waals surface area contributed by atoms with Crippen LogP contribution in [0.3, 0.4) is 0 Å². The topological polar surface area (TPSA) is 144 Å². The summed E-state index contributed by atoms with van der Waals surface area (Å²) in [6, 6.07) is 17.7. The van der Waals surface area contributed by atoms with Crippen LogP contribution in [0.15, 0.2) is 72.8 Å². The highest BCUT2D eigenvalue weighted by molar-refractivity contribution is 5.93. The lowest BCUT2D eigenvalue weighted by molar-refractivity contribution is -0.443. The van der Waals surface area contributed by atoms with Crippen molar-refractivity contribution in [2.24, 2.45) is 23.7 Å². The summed E-state index contributed by atoms with van der Waals surface area (Å²) in [4.78, 5) is 27.6. The Morgan fingerprint density at radius 1 is 1.02 bits per heavy atom. The molecule has 44 heavy (non-hydrogen) atoms. The fraction of sp³-hybridized carbons (Fsp3) is 0.529. The van der Waals surface area contributed by atoms with Gasteiger partial charge in [-0.3, -0.25) is 4.79 Å². The second-order valence-corrected chi connectivity index (χ2v) is 13.5. The molecule has 0 spiro atoms. The van der Waals surface area contributed by atoms with E-state index in [2.05, 4.69) is 6.58 Å². The quantitative estimate of drug-likeness (QED) is 0.264. The molecule has 10 heteroatoms. The molecule has 1 unspecified atom stereocenters. The Hall–Kier alpha value is -2.96. The van der Waals surface area contributed by atoms with Crippen LogP contribution >= 0.6 is 0 Å². The molecular weight excluding hydrogens is 568 g/mol. The zero-order valence-electron chi connectivity index (χ0n) is 24.7. The second-order valence-electron chi connectivity index (χ2n) is 13.5. The number of ether oxygens (including phenoxy) is 5. The molecule has 0 amide bonds. The zero-order valence-corrected chi connectivity index (χ0v) is 24.7. The number of aliphatic hydroxyl groups excluding tert-OH is 2. The highest BCUT2D eigenvalue weighted by Crippen LogP contribution is 2.74. The van der Waals surface area contributed by atoms with Crippen molar-refractivity contribution < 1.29 is 48.6 Å². The van der Waals surface area contributed by atoms with Crippen molar-refractivity contribution in [1.29, 1.82) is 0 Å². The molecule has 10 nitrogen and oxygen atoms in total. The van der Waals surface area contributed by atoms with Gasteiger partial charge in [0.2, 0.25) is 0 Å². The van der Waals surface area contributed by atoms with E-state index in [0.29, 0.717) is 16.7 Å². The van der Waals surface area contributed by atoms with Crippen LogP contribution in [0.1, 0.15) is 43.1 Å². The lowest BCUT2D eigenvalue weighted by Crippen LogP contribution is -2.76. The van der Waals surface area contributed by atoms with E-state index in [1.165, 1.54) is 0 Å². The third kappa shape index (κ3) is 3.05. The third-order valence-electron chi connectivity index (χ3n) is 11.5. The van der Waals surface area contributed by atoms with Crippen LogP contribution in [0.5, 0.6) is 0 Å². The van der Waals surface area contributed by atoms with E-state index in [1.807, 2.05) is 25.1 Å². The third-order valence-corrected chi connectivity index (χ3v) is 11.5. The van der Waals surface area contributed by atoms with Gasteiger partial charge in [-0.2, -0.15) is 0 Å². The first-order valence-corrected chi connectivity index (χ1v) is 15.2. The fourth-order valence-corrected chi connectivity index (χ4v) is 9.52. The number of epoxide rings is 1. The van der Waals surface area contributed by atoms with E-state index in [9.17, 15) is 24.9 Å². The number of carbonyl (C=O) groups is 2. The predicted molar refractivity (Wildman–Crippen MR) is 152 cm³/mol. The van der Waals surface area contributed by atoms with Crippen LogP contribution in [0.2, 0.25) is 0 Å². The molecule has 3 heterocycles. The number of esters is 1. The first-order valence-electron chi connectivity index (χ1n) is 15.2. The number of carbonyl (C=O) groups excluding carboxylic acids is 2. The number of Topliss-reactive ketones (excluding diaryl/α,β-unsaturated/α-hetero) is 1. The highest BCUT2D eigenvalue weighted by atomic mass is 16.9. The summed E-state index contributed by atoms with van der Waals surface area (Å²) in [6.07, 6.45) is -4.39. The van der Waals surface area contributed by atoms with E-state index in [0.717, 1.165) is 0 Å². The molecule has 6 fully saturated rings. The van der Waals surface area contributed by atoms with Gasteiger partial charge in [-0.25, -0.2) is 4.79 Å². The van der Waals surface area contributed by atoms with Crippen molar-refractivity contribution in [2.45, 2.75) is 80.0 Å². The molecule has 3 aliphatic carbocycles. The standard InChI is InChI=1S/C34H36O10/c1-17(2)32-25(40-28(37)20-11-7-5-8-12-20)19(4)33-22-15-18(3)24(36)31(22,39)29(38)30(16-35)26(41-30)23(33)27(32)42-34(43-32,44-33)21-13-9-6-10-14-21/h5-14,18-19,22-23,25-27,29,35,38-39H,1,15-16H2,2-4H3/t18-,19+,22+,23-,25+,26-,27+,29+,30-,31+,32-,33-,34?/m0/s1. The molecule has 3 aliphatic heterocycles. The molecule has 0 radical (unpaired) electrons. The molecule has 2 aromatic carbocycles. The van der Waals surface area contributed by atoms with Crippen molar-refractivity contribution in [3.8, 4) is 0 Å². The van der Waals surface area contributed by atoms with E-state index in [4.69, 9.17) is 23.7 Å². The molecule has 232 valence electrons. The number of fused-ring (bicyclic) bond motifs is 3. The Bertz CT molecular complexity index is 1560. The number of ketones is 1. The Kier molecular flexibility index (Phi) is 5.73. The predicted octanol–water partition coefficient (Wildman–Crippen LogP) is 2.25. The summed E-state index contributed by atoms with van der Waals surface area (Å²) in [5, 5.41) is 34.9. The monoisotopic (exact) mass is 604 g/mol. The summed E-state index contributed by atoms with van der Waals surface area (Å²) in [5.74, 6) is -6.07. The second kappa shape index (κ2) is 8.85. The summed E-state index contributed by atoms with van der Waals surface area (Å²) in [7, 11) is 0. The molecular formula is C34H36O10. The SMILES string of the molecule is C=C(C)[C@@]12OC3(c4ccccc4)O[C@@H]1[C@@H]1[C@@H]4O[C@]4(CO)[C@@H](O)[C@]4(O)C(=O)[C@@H](C)C[C@H]4[C@@]1(O3)[C@H](C)[C@H]2OC(=O)c1ccccc1. The normalized spacial score (nSPS) is 49.5. The van der Waals surface area contributed by atoms with Crippen LogP contribution < -0.4 is 0 Å². The van der Waals surface area contributed by atoms with Crippen LogP contribution in [0.25, 0.3) is 0 Å². The number of hydrogen-bond donors (Lipinski definition) is 3. The Morgan fingerprint density at radius 3 is 2.32 bits per heavy atom. The number of benzene rings is 2. The van der Waals surface area contributed by atoms with E-state index >= 15 is 0 Å². The maximum Gasteiger partial charge on any atom is 0.338 e. The van der Waals surface area contributed by atoms with E-state index in [1.54, 1.807) is 56.3 Å². The van der Waals surface area contributed by atoms with Gasteiger partial charge < -0.3 is 39.0 Å². The number of rotatable bonds is 5. The van der Waals surface area contributed by atoms with Crippen LogP contribution in [0.4, 0.5) is 0 Å². The van der Waals surface area contributed by atoms with Crippen LogP contribution in [-0.2, 0) is 34.5 Å². The van der Waals surface area contributed by atoms with Crippen LogP contribution in [0, 0.1) is 23.7 Å². The molecule has 3 bridgehead atoms. The Morgan fingerprint density at radius 2 is 1.68 bits per heavy atom. The van der Waals surface area contributed by atoms with Gasteiger partial charge >= 0.3 is 11.9 Å². The van der Waals surface area contributed by atoms with Crippen LogP contribution in [-0.4, -0.2) is 80.5 Å². The highest BCUT2D eigenvalue weighted by Gasteiger charge is 2.91. The molecule has 0 aromatic heterocycles. The summed E-state index contributed by atoms with van der Waals surface area (Å²) >= 11 is 0. The summed E-state index contributed by atoms with van der Waals surface area (Å²) < 4.78 is 33.5. The van der Waals surface area contributed by atoms with Crippen molar-refractivity contribution in [3.05, 3.63) is 83.9 Å². The van der Waals surface area contributed by atoms with Gasteiger partial charge in [0.15, 0.2) is 17.0 Å². The molecule has 3 saturated carbocycles. The molecule has 6 aliphatic rings. The minimum Gasteiger partial charge on any atom is -0.455 e. The molecule has 13 atom stereocenters. The Labute approximate surface area is 254 Å². The van der Waals surface area contributed by atoms with Crippen molar-refractivity contribution in [2.75, 3.05) is 6.61 Å². The maximum absolute atomic E-state index is 13.9. The molecule has 3 N–H and O–H groups in total. The summed E-state index contributed by atoms with van der Waals surface area (Å²) in [6.45, 7) is 9.02. The van der Waals surface area contributed by atoms with Crippen molar-refractivity contribution >= 4 is 11.8 Å². The van der Waals surface area contributed by atoms with Gasteiger partial charge in [0.25, 0.3) is 0 Å². The lowest BCUT2D eigenvalue weighted by Gasteiger charge is -2.61. The summed E-state index contributed by atoms with van der Waals surface area (Å²) in [5.41, 5.74) is -5.52. The average molecular weight is 605 g/mol. The van der Waals surface area contributed by atoms with Gasteiger partial charge in [-0.15, -0.1) is 0 Å². The fourth-order valence-electron chi connectivity index (χ4n) is 9.52. The number of hydrogen-bond acceptors (Lipinski definition) is 10. The van der Waals surface area contributed by atoms with Gasteiger partial charge in [0, 0.05) is 29.2 Å². The van der Waals surface area contributed by atoms with E-state index < -0.39 is 94.8 Å².